The highest BCUT2D eigenvalue weighted by Crippen LogP contribution is 2.38. The second-order valence-electron chi connectivity index (χ2n) is 7.87. The molecule has 0 atom stereocenters. The Morgan fingerprint density at radius 2 is 1.65 bits per heavy atom. The third kappa shape index (κ3) is 5.07. The molecule has 172 valence electrons. The maximum atomic E-state index is 12.3. The van der Waals surface area contributed by atoms with Gasteiger partial charge in [-0.25, -0.2) is 13.6 Å². The fourth-order valence-electron chi connectivity index (χ4n) is 3.80. The predicted octanol–water partition coefficient (Wildman–Crippen LogP) is 4.41. The smallest absolute Gasteiger partial charge is 0.238 e. The number of primary sulfonamides is 1. The SMILES string of the molecule is Cc1ccc(-c2c(-c3ccccc3S(N)(=O)=O)nn(CC#N)c2COCc2ccccc2)cc1. The summed E-state index contributed by atoms with van der Waals surface area (Å²) in [5.74, 6) is 0. The number of aromatic nitrogens is 2. The number of nitrogens with zero attached hydrogens (tertiary/aromatic N) is 3. The van der Waals surface area contributed by atoms with Crippen LogP contribution in [0.5, 0.6) is 0 Å². The highest BCUT2D eigenvalue weighted by atomic mass is 32.2. The molecule has 0 unspecified atom stereocenters. The molecule has 34 heavy (non-hydrogen) atoms. The van der Waals surface area contributed by atoms with E-state index in [0.29, 0.717) is 29.1 Å². The van der Waals surface area contributed by atoms with Gasteiger partial charge in [0.15, 0.2) is 0 Å². The summed E-state index contributed by atoms with van der Waals surface area (Å²) >= 11 is 0. The highest BCUT2D eigenvalue weighted by Gasteiger charge is 2.25. The molecule has 0 spiro atoms. The van der Waals surface area contributed by atoms with E-state index in [9.17, 15) is 13.7 Å². The first-order valence-electron chi connectivity index (χ1n) is 10.7. The fraction of sp³-hybridized carbons (Fsp3) is 0.154. The Labute approximate surface area is 199 Å². The molecule has 0 saturated heterocycles. The van der Waals surface area contributed by atoms with Crippen LogP contribution in [0, 0.1) is 18.3 Å². The summed E-state index contributed by atoms with van der Waals surface area (Å²) < 4.78 is 32.2. The lowest BCUT2D eigenvalue weighted by atomic mass is 9.98. The first kappa shape index (κ1) is 23.4. The predicted molar refractivity (Wildman–Crippen MR) is 130 cm³/mol. The quantitative estimate of drug-likeness (QED) is 0.408. The molecule has 3 aromatic carbocycles. The Hall–Kier alpha value is -3.77. The number of hydrogen-bond acceptors (Lipinski definition) is 5. The van der Waals surface area contributed by atoms with E-state index in [1.165, 1.54) is 6.07 Å². The minimum Gasteiger partial charge on any atom is -0.370 e. The molecule has 0 aliphatic heterocycles. The van der Waals surface area contributed by atoms with Crippen molar-refractivity contribution in [3.05, 3.63) is 95.7 Å². The highest BCUT2D eigenvalue weighted by molar-refractivity contribution is 7.89. The van der Waals surface area contributed by atoms with Crippen LogP contribution in [-0.2, 0) is 34.5 Å². The molecule has 1 heterocycles. The van der Waals surface area contributed by atoms with Gasteiger partial charge in [-0.15, -0.1) is 0 Å². The van der Waals surface area contributed by atoms with Crippen molar-refractivity contribution in [1.29, 1.82) is 5.26 Å². The minimum atomic E-state index is -4.00. The largest absolute Gasteiger partial charge is 0.370 e. The van der Waals surface area contributed by atoms with Gasteiger partial charge in [0.1, 0.15) is 12.2 Å². The number of sulfonamides is 1. The molecule has 2 N–H and O–H groups in total. The monoisotopic (exact) mass is 472 g/mol. The van der Waals surface area contributed by atoms with Crippen LogP contribution < -0.4 is 5.14 Å². The Balaban J connectivity index is 1.87. The number of nitrogens with two attached hydrogens (primary N) is 1. The van der Waals surface area contributed by atoms with Crippen molar-refractivity contribution >= 4 is 10.0 Å². The third-order valence-electron chi connectivity index (χ3n) is 5.42. The standard InChI is InChI=1S/C26H24N4O3S/c1-19-11-13-21(14-12-19)25-23(18-33-17-20-7-3-2-4-8-20)30(16-15-27)29-26(25)22-9-5-6-10-24(22)34(28,31)32/h2-14H,16-18H2,1H3,(H2,28,31,32). The third-order valence-corrected chi connectivity index (χ3v) is 6.39. The van der Waals surface area contributed by atoms with Crippen molar-refractivity contribution in [2.75, 3.05) is 0 Å². The van der Waals surface area contributed by atoms with Crippen LogP contribution in [0.1, 0.15) is 16.8 Å². The van der Waals surface area contributed by atoms with E-state index in [1.54, 1.807) is 22.9 Å². The Kier molecular flexibility index (Phi) is 6.89. The van der Waals surface area contributed by atoms with Gasteiger partial charge < -0.3 is 4.74 Å². The van der Waals surface area contributed by atoms with Gasteiger partial charge in [0.2, 0.25) is 10.0 Å². The fourth-order valence-corrected chi connectivity index (χ4v) is 4.54. The van der Waals surface area contributed by atoms with Gasteiger partial charge in [-0.3, -0.25) is 4.68 Å². The molecule has 0 amide bonds. The first-order valence-corrected chi connectivity index (χ1v) is 12.2. The molecule has 0 aliphatic carbocycles. The van der Waals surface area contributed by atoms with E-state index in [2.05, 4.69) is 11.2 Å². The molecule has 7 nitrogen and oxygen atoms in total. The zero-order chi connectivity index (χ0) is 24.1. The molecule has 1 aromatic heterocycles. The Morgan fingerprint density at radius 1 is 0.971 bits per heavy atom. The van der Waals surface area contributed by atoms with Crippen molar-refractivity contribution in [1.82, 2.24) is 9.78 Å². The lowest BCUT2D eigenvalue weighted by Gasteiger charge is -2.11. The van der Waals surface area contributed by atoms with Crippen molar-refractivity contribution in [2.24, 2.45) is 5.14 Å². The first-order chi connectivity index (χ1) is 16.4. The molecule has 4 rings (SSSR count). The van der Waals surface area contributed by atoms with Gasteiger partial charge in [-0.2, -0.15) is 10.4 Å². The molecular weight excluding hydrogens is 448 g/mol. The molecule has 0 radical (unpaired) electrons. The average Bonchev–Trinajstić information content (AvgIpc) is 3.18. The summed E-state index contributed by atoms with van der Waals surface area (Å²) in [5, 5.41) is 19.6. The van der Waals surface area contributed by atoms with Gasteiger partial charge in [-0.05, 0) is 24.1 Å². The van der Waals surface area contributed by atoms with Crippen molar-refractivity contribution in [2.45, 2.75) is 31.6 Å². The molecule has 0 fully saturated rings. The second kappa shape index (κ2) is 10.0. The summed E-state index contributed by atoms with van der Waals surface area (Å²) in [6.45, 7) is 2.55. The molecule has 0 bridgehead atoms. The number of benzene rings is 3. The van der Waals surface area contributed by atoms with Crippen LogP contribution in [0.25, 0.3) is 22.4 Å². The van der Waals surface area contributed by atoms with Crippen LogP contribution in [-0.4, -0.2) is 18.2 Å². The van der Waals surface area contributed by atoms with Gasteiger partial charge in [0, 0.05) is 11.1 Å². The maximum absolute atomic E-state index is 12.3. The van der Waals surface area contributed by atoms with E-state index in [4.69, 9.17) is 9.88 Å². The normalized spacial score (nSPS) is 11.3. The molecule has 8 heteroatoms. The molecule has 4 aromatic rings. The Morgan fingerprint density at radius 3 is 2.32 bits per heavy atom. The number of ether oxygens (including phenoxy) is 1. The van der Waals surface area contributed by atoms with Crippen LogP contribution in [0.15, 0.2) is 83.8 Å². The lowest BCUT2D eigenvalue weighted by Crippen LogP contribution is -2.13. The van der Waals surface area contributed by atoms with Gasteiger partial charge >= 0.3 is 0 Å². The zero-order valence-corrected chi connectivity index (χ0v) is 19.5. The number of nitriles is 1. The lowest BCUT2D eigenvalue weighted by molar-refractivity contribution is 0.102. The zero-order valence-electron chi connectivity index (χ0n) is 18.7. The van der Waals surface area contributed by atoms with Crippen LogP contribution >= 0.6 is 0 Å². The topological polar surface area (TPSA) is 111 Å². The number of rotatable bonds is 8. The molecule has 0 aliphatic rings. The molecule has 0 saturated carbocycles. The van der Waals surface area contributed by atoms with E-state index >= 15 is 0 Å². The van der Waals surface area contributed by atoms with Crippen LogP contribution in [0.4, 0.5) is 0 Å². The summed E-state index contributed by atoms with van der Waals surface area (Å²) in [6.07, 6.45) is 0. The maximum Gasteiger partial charge on any atom is 0.238 e. The Bertz CT molecular complexity index is 1440. The van der Waals surface area contributed by atoms with E-state index in [1.807, 2.05) is 61.5 Å². The minimum absolute atomic E-state index is 0.0135. The van der Waals surface area contributed by atoms with Crippen molar-refractivity contribution in [3.8, 4) is 28.5 Å². The van der Waals surface area contributed by atoms with Crippen LogP contribution in [0.3, 0.4) is 0 Å². The number of hydrogen-bond donors (Lipinski definition) is 1. The average molecular weight is 473 g/mol. The van der Waals surface area contributed by atoms with E-state index in [0.717, 1.165) is 16.7 Å². The number of aryl methyl sites for hydroxylation is 1. The van der Waals surface area contributed by atoms with Gasteiger partial charge in [-0.1, -0.05) is 78.4 Å². The van der Waals surface area contributed by atoms with E-state index in [-0.39, 0.29) is 18.0 Å². The van der Waals surface area contributed by atoms with Crippen LogP contribution in [0.2, 0.25) is 0 Å². The van der Waals surface area contributed by atoms with Crippen molar-refractivity contribution in [3.63, 3.8) is 0 Å². The summed E-state index contributed by atoms with van der Waals surface area (Å²) in [4.78, 5) is -0.0262. The van der Waals surface area contributed by atoms with E-state index < -0.39 is 10.0 Å². The summed E-state index contributed by atoms with van der Waals surface area (Å²) in [5.41, 5.74) is 5.14. The summed E-state index contributed by atoms with van der Waals surface area (Å²) in [7, 11) is -4.00. The second-order valence-corrected chi connectivity index (χ2v) is 9.40. The molecular formula is C26H24N4O3S. The summed E-state index contributed by atoms with van der Waals surface area (Å²) in [6, 6.07) is 26.2. The van der Waals surface area contributed by atoms with Crippen molar-refractivity contribution < 1.29 is 13.2 Å². The van der Waals surface area contributed by atoms with Gasteiger partial charge in [0.05, 0.1) is 29.9 Å². The van der Waals surface area contributed by atoms with Gasteiger partial charge in [0.25, 0.3) is 0 Å².